The first-order chi connectivity index (χ1) is 12.3. The lowest BCUT2D eigenvalue weighted by molar-refractivity contribution is 0.0288. The van der Waals surface area contributed by atoms with E-state index in [0.29, 0.717) is 11.8 Å². The van der Waals surface area contributed by atoms with Gasteiger partial charge in [-0.05, 0) is 50.0 Å². The average molecular weight is 343 g/mol. The van der Waals surface area contributed by atoms with Crippen molar-refractivity contribution in [2.75, 3.05) is 0 Å². The predicted molar refractivity (Wildman–Crippen MR) is 101 cm³/mol. The monoisotopic (exact) mass is 342 g/mol. The van der Waals surface area contributed by atoms with E-state index in [2.05, 4.69) is 6.07 Å². The molecule has 2 unspecified atom stereocenters. The van der Waals surface area contributed by atoms with Gasteiger partial charge in [0.25, 0.3) is 0 Å². The molecule has 0 spiro atoms. The molecule has 0 aliphatic heterocycles. The summed E-state index contributed by atoms with van der Waals surface area (Å²) in [5.41, 5.74) is 0. The Hall–Kier alpha value is -1.02. The minimum absolute atomic E-state index is 0.187. The van der Waals surface area contributed by atoms with E-state index in [-0.39, 0.29) is 6.10 Å². The maximum Gasteiger partial charge on any atom is 0.127 e. The van der Waals surface area contributed by atoms with Crippen molar-refractivity contribution in [2.45, 2.75) is 95.7 Å². The second kappa shape index (κ2) is 10.2. The lowest BCUT2D eigenvalue weighted by Crippen LogP contribution is -2.29. The highest BCUT2D eigenvalue weighted by Gasteiger charge is 2.26. The number of ether oxygens (including phenoxy) is 1. The topological polar surface area (TPSA) is 29.1 Å². The SMILES string of the molecule is [O]C1CCC(Oc2[c]cccc2)C2CCCCCC(CCCCC2)C1. The Morgan fingerprint density at radius 2 is 1.56 bits per heavy atom. The minimum Gasteiger partial charge on any atom is -0.489 e. The van der Waals surface area contributed by atoms with Crippen LogP contribution < -0.4 is 4.74 Å². The standard InChI is InChI=1S/C23H34O2/c24-21-16-17-23(25-22-14-8-3-9-15-22)20-12-6-1-4-10-19(18-21)11-5-2-7-13-20/h3,8-9,14,19-21,23H,1-2,4-7,10-13,16-18H2. The van der Waals surface area contributed by atoms with E-state index in [4.69, 9.17) is 4.74 Å². The maximum atomic E-state index is 12.6. The number of fused-ring (bicyclic) bond motifs is 12. The predicted octanol–water partition coefficient (Wildman–Crippen LogP) is 6.36. The fraction of sp³-hybridized carbons (Fsp3) is 0.739. The molecule has 25 heavy (non-hydrogen) atoms. The molecule has 2 heteroatoms. The van der Waals surface area contributed by atoms with Gasteiger partial charge in [0.15, 0.2) is 0 Å². The normalized spacial score (nSPS) is 32.5. The molecule has 0 aromatic heterocycles. The van der Waals surface area contributed by atoms with Gasteiger partial charge in [0.2, 0.25) is 0 Å². The van der Waals surface area contributed by atoms with Crippen LogP contribution in [-0.2, 0) is 5.11 Å². The number of rotatable bonds is 2. The molecular weight excluding hydrogens is 308 g/mol. The van der Waals surface area contributed by atoms with Crippen molar-refractivity contribution in [3.63, 3.8) is 0 Å². The molecule has 0 N–H and O–H groups in total. The Balaban J connectivity index is 1.74. The van der Waals surface area contributed by atoms with Gasteiger partial charge >= 0.3 is 0 Å². The molecule has 3 aliphatic rings. The Morgan fingerprint density at radius 1 is 0.840 bits per heavy atom. The number of hydrogen-bond donors (Lipinski definition) is 0. The van der Waals surface area contributed by atoms with Crippen molar-refractivity contribution in [3.8, 4) is 5.75 Å². The van der Waals surface area contributed by atoms with Crippen LogP contribution in [0.25, 0.3) is 0 Å². The van der Waals surface area contributed by atoms with Gasteiger partial charge in [0.1, 0.15) is 11.9 Å². The zero-order valence-electron chi connectivity index (χ0n) is 15.6. The summed E-state index contributed by atoms with van der Waals surface area (Å²) in [4.78, 5) is 0. The Labute approximate surface area is 154 Å². The van der Waals surface area contributed by atoms with Crippen LogP contribution in [-0.4, -0.2) is 12.2 Å². The van der Waals surface area contributed by atoms with E-state index in [9.17, 15) is 5.11 Å². The van der Waals surface area contributed by atoms with Crippen molar-refractivity contribution in [3.05, 3.63) is 30.3 Å². The first kappa shape index (κ1) is 18.8. The summed E-state index contributed by atoms with van der Waals surface area (Å²) in [6, 6.07) is 11.1. The van der Waals surface area contributed by atoms with Gasteiger partial charge in [-0.1, -0.05) is 69.6 Å². The highest BCUT2D eigenvalue weighted by molar-refractivity contribution is 5.19. The number of benzene rings is 1. The van der Waals surface area contributed by atoms with Crippen molar-refractivity contribution in [2.24, 2.45) is 11.8 Å². The fourth-order valence-electron chi connectivity index (χ4n) is 4.77. The third-order valence-electron chi connectivity index (χ3n) is 6.23. The van der Waals surface area contributed by atoms with E-state index in [1.165, 1.54) is 64.2 Å². The highest BCUT2D eigenvalue weighted by Crippen LogP contribution is 2.32. The van der Waals surface area contributed by atoms with Gasteiger partial charge in [-0.15, -0.1) is 0 Å². The summed E-state index contributed by atoms with van der Waals surface area (Å²) >= 11 is 0. The molecular formula is C23H34O2. The summed E-state index contributed by atoms with van der Waals surface area (Å²) in [6.07, 6.45) is 15.3. The zero-order valence-corrected chi connectivity index (χ0v) is 15.6. The van der Waals surface area contributed by atoms with E-state index >= 15 is 0 Å². The van der Waals surface area contributed by atoms with Crippen LogP contribution >= 0.6 is 0 Å². The smallest absolute Gasteiger partial charge is 0.127 e. The maximum absolute atomic E-state index is 12.6. The molecule has 2 atom stereocenters. The van der Waals surface area contributed by atoms with Crippen molar-refractivity contribution < 1.29 is 9.84 Å². The van der Waals surface area contributed by atoms with Gasteiger partial charge in [-0.25, -0.2) is 5.11 Å². The van der Waals surface area contributed by atoms with Crippen molar-refractivity contribution in [1.29, 1.82) is 0 Å². The molecule has 0 amide bonds. The molecule has 4 rings (SSSR count). The summed E-state index contributed by atoms with van der Waals surface area (Å²) < 4.78 is 6.37. The molecule has 1 aromatic carbocycles. The Morgan fingerprint density at radius 3 is 2.24 bits per heavy atom. The van der Waals surface area contributed by atoms with Gasteiger partial charge in [0, 0.05) is 6.07 Å². The van der Waals surface area contributed by atoms with Gasteiger partial charge < -0.3 is 4.74 Å². The molecule has 2 bridgehead atoms. The van der Waals surface area contributed by atoms with Crippen LogP contribution in [0.15, 0.2) is 24.3 Å². The van der Waals surface area contributed by atoms with E-state index in [1.54, 1.807) is 0 Å². The number of hydrogen-bond acceptors (Lipinski definition) is 1. The van der Waals surface area contributed by atoms with E-state index in [1.807, 2.05) is 24.3 Å². The molecule has 3 aliphatic carbocycles. The molecule has 0 heterocycles. The molecule has 1 aromatic rings. The quantitative estimate of drug-likeness (QED) is 0.614. The Kier molecular flexibility index (Phi) is 7.66. The summed E-state index contributed by atoms with van der Waals surface area (Å²) in [5.74, 6) is 2.10. The molecule has 0 saturated heterocycles. The zero-order chi connectivity index (χ0) is 17.3. The van der Waals surface area contributed by atoms with E-state index < -0.39 is 6.10 Å². The minimum atomic E-state index is -0.407. The lowest BCUT2D eigenvalue weighted by atomic mass is 9.82. The molecule has 138 valence electrons. The summed E-state index contributed by atoms with van der Waals surface area (Å²) in [5, 5.41) is 12.6. The van der Waals surface area contributed by atoms with E-state index in [0.717, 1.165) is 25.0 Å². The second-order valence-electron chi connectivity index (χ2n) is 8.22. The lowest BCUT2D eigenvalue weighted by Gasteiger charge is -2.31. The molecule has 2 radical (unpaired) electrons. The van der Waals surface area contributed by atoms with Crippen molar-refractivity contribution in [1.82, 2.24) is 0 Å². The van der Waals surface area contributed by atoms with Crippen LogP contribution in [0, 0.1) is 17.9 Å². The summed E-state index contributed by atoms with van der Waals surface area (Å²) in [6.45, 7) is 0. The highest BCUT2D eigenvalue weighted by atomic mass is 16.5. The first-order valence-electron chi connectivity index (χ1n) is 10.6. The van der Waals surface area contributed by atoms with Gasteiger partial charge in [0.05, 0.1) is 6.10 Å². The third-order valence-corrected chi connectivity index (χ3v) is 6.23. The first-order valence-corrected chi connectivity index (χ1v) is 10.6. The summed E-state index contributed by atoms with van der Waals surface area (Å²) in [7, 11) is 0. The van der Waals surface area contributed by atoms with Crippen LogP contribution in [0.2, 0.25) is 0 Å². The molecule has 2 nitrogen and oxygen atoms in total. The molecule has 3 fully saturated rings. The average Bonchev–Trinajstić information content (AvgIpc) is 2.61. The van der Waals surface area contributed by atoms with Gasteiger partial charge in [-0.3, -0.25) is 0 Å². The molecule has 3 saturated carbocycles. The second-order valence-corrected chi connectivity index (χ2v) is 8.22. The third kappa shape index (κ3) is 6.33. The fourth-order valence-corrected chi connectivity index (χ4v) is 4.77. The van der Waals surface area contributed by atoms with Crippen LogP contribution in [0.1, 0.15) is 83.5 Å². The number of para-hydroxylation sites is 1. The van der Waals surface area contributed by atoms with Crippen LogP contribution in [0.4, 0.5) is 0 Å². The van der Waals surface area contributed by atoms with Gasteiger partial charge in [-0.2, -0.15) is 0 Å². The van der Waals surface area contributed by atoms with Crippen molar-refractivity contribution >= 4 is 0 Å². The largest absolute Gasteiger partial charge is 0.489 e. The Bertz CT molecular complexity index is 458. The van der Waals surface area contributed by atoms with Crippen LogP contribution in [0.5, 0.6) is 5.75 Å². The van der Waals surface area contributed by atoms with Crippen LogP contribution in [0.3, 0.4) is 0 Å².